The van der Waals surface area contributed by atoms with Gasteiger partial charge in [-0.3, -0.25) is 0 Å². The highest BCUT2D eigenvalue weighted by molar-refractivity contribution is 4.90. The highest BCUT2D eigenvalue weighted by Gasteiger charge is 2.15. The van der Waals surface area contributed by atoms with Crippen LogP contribution in [0.2, 0.25) is 0 Å². The quantitative estimate of drug-likeness (QED) is 0.777. The maximum Gasteiger partial charge on any atom is 0.243 e. The van der Waals surface area contributed by atoms with E-state index >= 15 is 0 Å². The van der Waals surface area contributed by atoms with Crippen LogP contribution in [-0.4, -0.2) is 16.7 Å². The average Bonchev–Trinajstić information content (AvgIpc) is 2.62. The molecule has 0 unspecified atom stereocenters. The number of nitrogens with zero attached hydrogens (tertiary/aromatic N) is 2. The van der Waals surface area contributed by atoms with Crippen LogP contribution < -0.4 is 5.73 Å². The van der Waals surface area contributed by atoms with Crippen molar-refractivity contribution in [2.75, 3.05) is 6.61 Å². The molecule has 1 aromatic rings. The van der Waals surface area contributed by atoms with E-state index < -0.39 is 0 Å². The van der Waals surface area contributed by atoms with Gasteiger partial charge in [-0.2, -0.15) is 4.98 Å². The minimum atomic E-state index is -0.173. The fourth-order valence-electron chi connectivity index (χ4n) is 1.28. The van der Waals surface area contributed by atoms with Gasteiger partial charge < -0.3 is 15.0 Å². The van der Waals surface area contributed by atoms with Crippen LogP contribution in [0.1, 0.15) is 44.9 Å². The fraction of sp³-hybridized carbons (Fsp3) is 0.800. The van der Waals surface area contributed by atoms with E-state index in [9.17, 15) is 0 Å². The Kier molecular flexibility index (Phi) is 4.71. The molecule has 0 aromatic carbocycles. The normalized spacial score (nSPS) is 13.4. The van der Waals surface area contributed by atoms with Gasteiger partial charge in [0.25, 0.3) is 0 Å². The van der Waals surface area contributed by atoms with Crippen molar-refractivity contribution < 1.29 is 9.26 Å². The molecule has 2 N–H and O–H groups in total. The lowest BCUT2D eigenvalue weighted by Gasteiger charge is -2.08. The summed E-state index contributed by atoms with van der Waals surface area (Å²) in [6.07, 6.45) is 0.844. The summed E-state index contributed by atoms with van der Waals surface area (Å²) < 4.78 is 10.2. The summed E-state index contributed by atoms with van der Waals surface area (Å²) >= 11 is 0. The smallest absolute Gasteiger partial charge is 0.243 e. The molecule has 1 aromatic heterocycles. The van der Waals surface area contributed by atoms with E-state index in [1.54, 1.807) is 0 Å². The molecular weight excluding hydrogens is 194 g/mol. The first-order chi connectivity index (χ1) is 7.13. The van der Waals surface area contributed by atoms with Gasteiger partial charge in [0, 0.05) is 6.61 Å². The van der Waals surface area contributed by atoms with Gasteiger partial charge in [-0.25, -0.2) is 0 Å². The van der Waals surface area contributed by atoms with E-state index in [1.807, 2.05) is 6.92 Å². The van der Waals surface area contributed by atoms with Crippen LogP contribution in [0.4, 0.5) is 0 Å². The predicted octanol–water partition coefficient (Wildman–Crippen LogP) is 1.65. The SMILES string of the molecule is CCOCc1noc([C@@H](N)CC(C)C)n1. The van der Waals surface area contributed by atoms with Gasteiger partial charge in [-0.1, -0.05) is 19.0 Å². The van der Waals surface area contributed by atoms with Gasteiger partial charge in [-0.15, -0.1) is 0 Å². The van der Waals surface area contributed by atoms with Gasteiger partial charge in [-0.05, 0) is 19.3 Å². The lowest BCUT2D eigenvalue weighted by atomic mass is 10.0. The molecule has 0 bridgehead atoms. The van der Waals surface area contributed by atoms with E-state index in [2.05, 4.69) is 24.0 Å². The van der Waals surface area contributed by atoms with Crippen LogP contribution in [-0.2, 0) is 11.3 Å². The minimum absolute atomic E-state index is 0.173. The van der Waals surface area contributed by atoms with Gasteiger partial charge >= 0.3 is 0 Å². The first-order valence-corrected chi connectivity index (χ1v) is 5.29. The Morgan fingerprint density at radius 1 is 1.47 bits per heavy atom. The third-order valence-electron chi connectivity index (χ3n) is 1.96. The van der Waals surface area contributed by atoms with Crippen LogP contribution in [0, 0.1) is 5.92 Å². The average molecular weight is 213 g/mol. The van der Waals surface area contributed by atoms with Crippen molar-refractivity contribution in [3.05, 3.63) is 11.7 Å². The van der Waals surface area contributed by atoms with Crippen molar-refractivity contribution in [1.82, 2.24) is 10.1 Å². The Morgan fingerprint density at radius 3 is 2.80 bits per heavy atom. The third kappa shape index (κ3) is 3.97. The van der Waals surface area contributed by atoms with Crippen LogP contribution in [0.5, 0.6) is 0 Å². The first kappa shape index (κ1) is 12.1. The summed E-state index contributed by atoms with van der Waals surface area (Å²) in [5, 5.41) is 3.79. The first-order valence-electron chi connectivity index (χ1n) is 5.29. The lowest BCUT2D eigenvalue weighted by molar-refractivity contribution is 0.126. The van der Waals surface area contributed by atoms with Crippen molar-refractivity contribution in [3.63, 3.8) is 0 Å². The molecule has 0 aliphatic heterocycles. The summed E-state index contributed by atoms with van der Waals surface area (Å²) in [6.45, 7) is 7.16. The summed E-state index contributed by atoms with van der Waals surface area (Å²) in [5.41, 5.74) is 5.90. The van der Waals surface area contributed by atoms with Gasteiger partial charge in [0.2, 0.25) is 5.89 Å². The molecule has 1 atom stereocenters. The standard InChI is InChI=1S/C10H19N3O2/c1-4-14-6-9-12-10(15-13-9)8(11)5-7(2)3/h7-8H,4-6,11H2,1-3H3/t8-/m0/s1. The largest absolute Gasteiger partial charge is 0.374 e. The van der Waals surface area contributed by atoms with E-state index in [0.29, 0.717) is 30.8 Å². The fourth-order valence-corrected chi connectivity index (χ4v) is 1.28. The molecule has 0 saturated carbocycles. The highest BCUT2D eigenvalue weighted by Crippen LogP contribution is 2.16. The third-order valence-corrected chi connectivity index (χ3v) is 1.96. The molecule has 0 spiro atoms. The zero-order chi connectivity index (χ0) is 11.3. The Labute approximate surface area is 90.0 Å². The molecule has 0 aliphatic carbocycles. The molecule has 15 heavy (non-hydrogen) atoms. The van der Waals surface area contributed by atoms with E-state index in [4.69, 9.17) is 15.0 Å². The maximum absolute atomic E-state index is 5.90. The zero-order valence-electron chi connectivity index (χ0n) is 9.56. The molecule has 5 nitrogen and oxygen atoms in total. The topological polar surface area (TPSA) is 74.2 Å². The Morgan fingerprint density at radius 2 is 2.20 bits per heavy atom. The molecule has 0 amide bonds. The van der Waals surface area contributed by atoms with Crippen molar-refractivity contribution in [3.8, 4) is 0 Å². The van der Waals surface area contributed by atoms with E-state index in [1.165, 1.54) is 0 Å². The molecule has 0 aliphatic rings. The maximum atomic E-state index is 5.90. The second-order valence-corrected chi connectivity index (χ2v) is 3.92. The van der Waals surface area contributed by atoms with Crippen LogP contribution in [0.15, 0.2) is 4.52 Å². The monoisotopic (exact) mass is 213 g/mol. The summed E-state index contributed by atoms with van der Waals surface area (Å²) in [6, 6.07) is -0.173. The van der Waals surface area contributed by atoms with Gasteiger partial charge in [0.05, 0.1) is 6.04 Å². The Balaban J connectivity index is 2.51. The van der Waals surface area contributed by atoms with E-state index in [-0.39, 0.29) is 6.04 Å². The van der Waals surface area contributed by atoms with Gasteiger partial charge in [0.15, 0.2) is 5.82 Å². The number of aromatic nitrogens is 2. The molecule has 5 heteroatoms. The number of rotatable bonds is 6. The molecule has 1 rings (SSSR count). The number of hydrogen-bond acceptors (Lipinski definition) is 5. The zero-order valence-corrected chi connectivity index (χ0v) is 9.56. The lowest BCUT2D eigenvalue weighted by Crippen LogP contribution is -2.13. The molecule has 0 radical (unpaired) electrons. The Bertz CT molecular complexity index is 286. The molecule has 0 saturated heterocycles. The summed E-state index contributed by atoms with van der Waals surface area (Å²) in [4.78, 5) is 4.17. The highest BCUT2D eigenvalue weighted by atomic mass is 16.5. The number of ether oxygens (including phenoxy) is 1. The summed E-state index contributed by atoms with van der Waals surface area (Å²) in [7, 11) is 0. The van der Waals surface area contributed by atoms with Gasteiger partial charge in [0.1, 0.15) is 6.61 Å². The second-order valence-electron chi connectivity index (χ2n) is 3.92. The predicted molar refractivity (Wildman–Crippen MR) is 56.0 cm³/mol. The van der Waals surface area contributed by atoms with Crippen molar-refractivity contribution in [2.24, 2.45) is 11.7 Å². The second kappa shape index (κ2) is 5.82. The van der Waals surface area contributed by atoms with Crippen LogP contribution in [0.3, 0.4) is 0 Å². The molecule has 1 heterocycles. The van der Waals surface area contributed by atoms with Crippen LogP contribution >= 0.6 is 0 Å². The van der Waals surface area contributed by atoms with Crippen LogP contribution in [0.25, 0.3) is 0 Å². The molecule has 0 fully saturated rings. The molecular formula is C10H19N3O2. The van der Waals surface area contributed by atoms with Crippen molar-refractivity contribution in [1.29, 1.82) is 0 Å². The molecule has 86 valence electrons. The number of hydrogen-bond donors (Lipinski definition) is 1. The summed E-state index contributed by atoms with van der Waals surface area (Å²) in [5.74, 6) is 1.58. The Hall–Kier alpha value is -0.940. The van der Waals surface area contributed by atoms with Crippen molar-refractivity contribution >= 4 is 0 Å². The number of nitrogens with two attached hydrogens (primary N) is 1. The van der Waals surface area contributed by atoms with E-state index in [0.717, 1.165) is 6.42 Å². The minimum Gasteiger partial charge on any atom is -0.374 e. The van der Waals surface area contributed by atoms with Crippen molar-refractivity contribution in [2.45, 2.75) is 39.8 Å².